The third kappa shape index (κ3) is 5.46. The van der Waals surface area contributed by atoms with Crippen molar-refractivity contribution in [3.63, 3.8) is 0 Å². The highest BCUT2D eigenvalue weighted by Gasteiger charge is 2.13. The van der Waals surface area contributed by atoms with Gasteiger partial charge in [0.25, 0.3) is 5.91 Å². The number of aromatic nitrogens is 3. The van der Waals surface area contributed by atoms with Gasteiger partial charge in [-0.05, 0) is 53.0 Å². The van der Waals surface area contributed by atoms with Crippen molar-refractivity contribution in [2.24, 2.45) is 0 Å². The van der Waals surface area contributed by atoms with Crippen molar-refractivity contribution in [1.29, 1.82) is 0 Å². The van der Waals surface area contributed by atoms with E-state index in [1.54, 1.807) is 36.0 Å². The number of carbonyl (C=O) groups excluding carboxylic acids is 1. The van der Waals surface area contributed by atoms with Crippen LogP contribution in [0.4, 0.5) is 5.82 Å². The molecule has 1 amide bonds. The number of rotatable bonds is 9. The minimum atomic E-state index is -0.108. The van der Waals surface area contributed by atoms with Gasteiger partial charge in [0, 0.05) is 35.3 Å². The maximum Gasteiger partial charge on any atom is 0.251 e. The summed E-state index contributed by atoms with van der Waals surface area (Å²) in [6, 6.07) is 16.7. The van der Waals surface area contributed by atoms with E-state index in [0.29, 0.717) is 35.1 Å². The van der Waals surface area contributed by atoms with Gasteiger partial charge in [0.15, 0.2) is 5.65 Å². The van der Waals surface area contributed by atoms with E-state index in [-0.39, 0.29) is 5.91 Å². The lowest BCUT2D eigenvalue weighted by atomic mass is 10.1. The molecule has 0 unspecified atom stereocenters. The Kier molecular flexibility index (Phi) is 7.47. The molecule has 0 radical (unpaired) electrons. The number of nitrogens with one attached hydrogen (secondary N) is 2. The summed E-state index contributed by atoms with van der Waals surface area (Å²) >= 11 is 9.90. The molecular weight excluding hydrogens is 506 g/mol. The molecular formula is C24H23BrClN5O2. The smallest absolute Gasteiger partial charge is 0.251 e. The Hall–Kier alpha value is -3.10. The van der Waals surface area contributed by atoms with E-state index in [1.807, 2.05) is 36.4 Å². The summed E-state index contributed by atoms with van der Waals surface area (Å²) in [5, 5.41) is 11.4. The summed E-state index contributed by atoms with van der Waals surface area (Å²) in [6.07, 6.45) is 3.42. The van der Waals surface area contributed by atoms with E-state index in [1.165, 1.54) is 0 Å². The fraction of sp³-hybridized carbons (Fsp3) is 0.208. The normalized spacial score (nSPS) is 10.9. The molecule has 2 aromatic carbocycles. The Morgan fingerprint density at radius 1 is 1.12 bits per heavy atom. The maximum absolute atomic E-state index is 12.3. The van der Waals surface area contributed by atoms with Gasteiger partial charge in [-0.2, -0.15) is 9.61 Å². The molecule has 2 N–H and O–H groups in total. The Morgan fingerprint density at radius 2 is 1.94 bits per heavy atom. The molecule has 33 heavy (non-hydrogen) atoms. The minimum absolute atomic E-state index is 0.108. The van der Waals surface area contributed by atoms with E-state index in [4.69, 9.17) is 21.3 Å². The molecule has 0 atom stereocenters. The van der Waals surface area contributed by atoms with Gasteiger partial charge in [-0.15, -0.1) is 0 Å². The molecule has 0 bridgehead atoms. The SMILES string of the molecule is COc1cccc(C(=O)NCCCCNc2cc(-c3ccccc3Cl)nc3c(Br)cnn23)c1. The van der Waals surface area contributed by atoms with Crippen LogP contribution in [0.1, 0.15) is 23.2 Å². The average molecular weight is 529 g/mol. The molecule has 0 aliphatic carbocycles. The molecule has 9 heteroatoms. The molecule has 4 rings (SSSR count). The van der Waals surface area contributed by atoms with Gasteiger partial charge in [-0.1, -0.05) is 35.9 Å². The summed E-state index contributed by atoms with van der Waals surface area (Å²) in [6.45, 7) is 1.30. The van der Waals surface area contributed by atoms with Gasteiger partial charge in [-0.25, -0.2) is 4.98 Å². The van der Waals surface area contributed by atoms with Gasteiger partial charge in [0.05, 0.1) is 23.5 Å². The Balaban J connectivity index is 1.35. The van der Waals surface area contributed by atoms with Crippen LogP contribution in [-0.4, -0.2) is 40.7 Å². The molecule has 170 valence electrons. The highest BCUT2D eigenvalue weighted by molar-refractivity contribution is 9.10. The highest BCUT2D eigenvalue weighted by atomic mass is 79.9. The fourth-order valence-corrected chi connectivity index (χ4v) is 3.98. The predicted molar refractivity (Wildman–Crippen MR) is 134 cm³/mol. The number of amides is 1. The third-order valence-corrected chi connectivity index (χ3v) is 5.99. The zero-order chi connectivity index (χ0) is 23.2. The van der Waals surface area contributed by atoms with Crippen molar-refractivity contribution in [3.05, 3.63) is 75.9 Å². The molecule has 0 saturated carbocycles. The van der Waals surface area contributed by atoms with Gasteiger partial charge >= 0.3 is 0 Å². The Bertz CT molecular complexity index is 1280. The number of nitrogens with zero attached hydrogens (tertiary/aromatic N) is 3. The van der Waals surface area contributed by atoms with E-state index >= 15 is 0 Å². The summed E-state index contributed by atoms with van der Waals surface area (Å²) in [5.74, 6) is 1.38. The van der Waals surface area contributed by atoms with Crippen LogP contribution < -0.4 is 15.4 Å². The van der Waals surface area contributed by atoms with Crippen molar-refractivity contribution in [1.82, 2.24) is 19.9 Å². The number of methoxy groups -OCH3 is 1. The quantitative estimate of drug-likeness (QED) is 0.283. The number of anilines is 1. The first-order valence-corrected chi connectivity index (χ1v) is 11.7. The number of ether oxygens (including phenoxy) is 1. The number of hydrogen-bond donors (Lipinski definition) is 2. The molecule has 0 spiro atoms. The van der Waals surface area contributed by atoms with Gasteiger partial charge in [0.1, 0.15) is 11.6 Å². The van der Waals surface area contributed by atoms with Crippen LogP contribution >= 0.6 is 27.5 Å². The van der Waals surface area contributed by atoms with Gasteiger partial charge in [0.2, 0.25) is 0 Å². The topological polar surface area (TPSA) is 80.5 Å². The lowest BCUT2D eigenvalue weighted by Crippen LogP contribution is -2.24. The van der Waals surface area contributed by atoms with Crippen LogP contribution in [0.3, 0.4) is 0 Å². The molecule has 4 aromatic rings. The Labute approximate surface area is 205 Å². The van der Waals surface area contributed by atoms with Crippen molar-refractivity contribution in [3.8, 4) is 17.0 Å². The molecule has 0 saturated heterocycles. The second-order valence-electron chi connectivity index (χ2n) is 7.36. The average Bonchev–Trinajstić information content (AvgIpc) is 3.22. The number of unbranched alkanes of at least 4 members (excludes halogenated alkanes) is 1. The van der Waals surface area contributed by atoms with Crippen LogP contribution in [0.5, 0.6) is 5.75 Å². The molecule has 2 aromatic heterocycles. The molecule has 0 aliphatic rings. The second kappa shape index (κ2) is 10.7. The van der Waals surface area contributed by atoms with E-state index < -0.39 is 0 Å². The highest BCUT2D eigenvalue weighted by Crippen LogP contribution is 2.30. The number of hydrogen-bond acceptors (Lipinski definition) is 5. The monoisotopic (exact) mass is 527 g/mol. The van der Waals surface area contributed by atoms with E-state index in [2.05, 4.69) is 31.7 Å². The predicted octanol–water partition coefficient (Wildman–Crippen LogP) is 5.44. The van der Waals surface area contributed by atoms with Crippen LogP contribution in [0.15, 0.2) is 65.3 Å². The Morgan fingerprint density at radius 3 is 2.76 bits per heavy atom. The number of halogens is 2. The van der Waals surface area contributed by atoms with Gasteiger partial charge < -0.3 is 15.4 Å². The second-order valence-corrected chi connectivity index (χ2v) is 8.62. The van der Waals surface area contributed by atoms with Crippen molar-refractivity contribution in [2.45, 2.75) is 12.8 Å². The van der Waals surface area contributed by atoms with Crippen LogP contribution in [0.2, 0.25) is 5.02 Å². The zero-order valence-electron chi connectivity index (χ0n) is 18.0. The molecule has 7 nitrogen and oxygen atoms in total. The number of benzene rings is 2. The van der Waals surface area contributed by atoms with Crippen molar-refractivity contribution in [2.75, 3.05) is 25.5 Å². The van der Waals surface area contributed by atoms with Crippen LogP contribution in [0, 0.1) is 0 Å². The van der Waals surface area contributed by atoms with Crippen LogP contribution in [0.25, 0.3) is 16.9 Å². The number of carbonyl (C=O) groups is 1. The summed E-state index contributed by atoms with van der Waals surface area (Å²) in [4.78, 5) is 17.0. The third-order valence-electron chi connectivity index (χ3n) is 5.11. The lowest BCUT2D eigenvalue weighted by Gasteiger charge is -2.12. The lowest BCUT2D eigenvalue weighted by molar-refractivity contribution is 0.0952. The first-order valence-electron chi connectivity index (χ1n) is 10.5. The molecule has 0 fully saturated rings. The van der Waals surface area contributed by atoms with E-state index in [0.717, 1.165) is 34.4 Å². The standard InChI is InChI=1S/C24H23BrClN5O2/c1-33-17-8-6-7-16(13-17)24(32)28-12-5-4-11-27-22-14-21(18-9-2-3-10-20(18)26)30-23-19(25)15-29-31(22)23/h2-3,6-10,13-15,27H,4-5,11-12H2,1H3,(H,28,32). The van der Waals surface area contributed by atoms with Crippen LogP contribution in [-0.2, 0) is 0 Å². The summed E-state index contributed by atoms with van der Waals surface area (Å²) < 4.78 is 7.73. The molecule has 2 heterocycles. The minimum Gasteiger partial charge on any atom is -0.497 e. The molecule has 0 aliphatic heterocycles. The maximum atomic E-state index is 12.3. The fourth-order valence-electron chi connectivity index (χ4n) is 3.40. The van der Waals surface area contributed by atoms with E-state index in [9.17, 15) is 4.79 Å². The van der Waals surface area contributed by atoms with Gasteiger partial charge in [-0.3, -0.25) is 4.79 Å². The summed E-state index contributed by atoms with van der Waals surface area (Å²) in [5.41, 5.74) is 2.92. The van der Waals surface area contributed by atoms with Crippen molar-refractivity contribution < 1.29 is 9.53 Å². The largest absolute Gasteiger partial charge is 0.497 e. The first-order chi connectivity index (χ1) is 16.1. The summed E-state index contributed by atoms with van der Waals surface area (Å²) in [7, 11) is 1.58. The first kappa shape index (κ1) is 23.1. The number of fused-ring (bicyclic) bond motifs is 1. The zero-order valence-corrected chi connectivity index (χ0v) is 20.4. The van der Waals surface area contributed by atoms with Crippen molar-refractivity contribution >= 4 is 44.9 Å².